The van der Waals surface area contributed by atoms with Crippen molar-refractivity contribution in [3.05, 3.63) is 0 Å². The molecule has 0 aromatic carbocycles. The summed E-state index contributed by atoms with van der Waals surface area (Å²) >= 11 is 0. The van der Waals surface area contributed by atoms with E-state index in [0.29, 0.717) is 24.9 Å². The fraction of sp³-hybridized carbons (Fsp3) is 0.929. The molecule has 0 saturated heterocycles. The number of hydrogen-bond donors (Lipinski definition) is 0. The van der Waals surface area contributed by atoms with Crippen LogP contribution in [-0.4, -0.2) is 20.5 Å². The topological polar surface area (TPSA) is 52.6 Å². The van der Waals surface area contributed by atoms with Gasteiger partial charge in [0, 0.05) is 24.9 Å². The zero-order chi connectivity index (χ0) is 24.6. The number of rotatable bonds is 24. The monoisotopic (exact) mass is 484 g/mol. The van der Waals surface area contributed by atoms with E-state index in [9.17, 15) is 9.59 Å². The van der Waals surface area contributed by atoms with E-state index in [1.807, 2.05) is 0 Å². The number of hydrogen-bond acceptors (Lipinski definition) is 4. The average molecular weight is 485 g/mol. The Balaban J connectivity index is 4.33. The van der Waals surface area contributed by atoms with Gasteiger partial charge in [-0.05, 0) is 12.8 Å². The molecule has 0 rings (SSSR count). The predicted molar refractivity (Wildman–Crippen MR) is 143 cm³/mol. The van der Waals surface area contributed by atoms with Crippen molar-refractivity contribution in [2.45, 2.75) is 168 Å². The van der Waals surface area contributed by atoms with E-state index in [-0.39, 0.29) is 11.9 Å². The molecule has 5 heteroatoms. The molecule has 0 amide bonds. The molecule has 196 valence electrons. The SMILES string of the molecule is CCCCCCCCCCC(=O)O[Si](CCC)(CCC)OC(=O)CCCCCCCCCC. The van der Waals surface area contributed by atoms with E-state index in [2.05, 4.69) is 27.7 Å². The van der Waals surface area contributed by atoms with Gasteiger partial charge in [-0.1, -0.05) is 130 Å². The molecule has 0 fully saturated rings. The van der Waals surface area contributed by atoms with Crippen molar-refractivity contribution in [2.75, 3.05) is 0 Å². The van der Waals surface area contributed by atoms with E-state index in [0.717, 1.165) is 38.5 Å². The van der Waals surface area contributed by atoms with Crippen molar-refractivity contribution < 1.29 is 18.4 Å². The fourth-order valence-electron chi connectivity index (χ4n) is 4.44. The highest BCUT2D eigenvalue weighted by Gasteiger charge is 2.43. The average Bonchev–Trinajstić information content (AvgIpc) is 2.77. The van der Waals surface area contributed by atoms with Crippen molar-refractivity contribution in [2.24, 2.45) is 0 Å². The van der Waals surface area contributed by atoms with Gasteiger partial charge in [0.15, 0.2) is 0 Å². The van der Waals surface area contributed by atoms with Crippen LogP contribution in [0.25, 0.3) is 0 Å². The Morgan fingerprint density at radius 2 is 0.758 bits per heavy atom. The van der Waals surface area contributed by atoms with Gasteiger partial charge in [0.25, 0.3) is 11.9 Å². The van der Waals surface area contributed by atoms with Crippen LogP contribution < -0.4 is 0 Å². The molecule has 0 unspecified atom stereocenters. The molecular weight excluding hydrogens is 428 g/mol. The van der Waals surface area contributed by atoms with Crippen LogP contribution in [0.5, 0.6) is 0 Å². The second-order valence-corrected chi connectivity index (χ2v) is 13.0. The minimum absolute atomic E-state index is 0.158. The Kier molecular flexibility index (Phi) is 22.3. The summed E-state index contributed by atoms with van der Waals surface area (Å²) in [6, 6.07) is 1.43. The lowest BCUT2D eigenvalue weighted by Crippen LogP contribution is -2.45. The second kappa shape index (κ2) is 22.9. The molecule has 0 aliphatic carbocycles. The molecule has 33 heavy (non-hydrogen) atoms. The first-order chi connectivity index (χ1) is 16.0. The highest BCUT2D eigenvalue weighted by atomic mass is 28.4. The van der Waals surface area contributed by atoms with Gasteiger partial charge in [0.1, 0.15) is 0 Å². The summed E-state index contributed by atoms with van der Waals surface area (Å²) in [6.45, 7) is 8.63. The molecule has 0 heterocycles. The maximum absolute atomic E-state index is 12.6. The van der Waals surface area contributed by atoms with Gasteiger partial charge in [0.2, 0.25) is 0 Å². The molecule has 0 aromatic rings. The van der Waals surface area contributed by atoms with Gasteiger partial charge in [-0.25, -0.2) is 0 Å². The highest BCUT2D eigenvalue weighted by molar-refractivity contribution is 6.70. The van der Waals surface area contributed by atoms with E-state index < -0.39 is 8.56 Å². The predicted octanol–water partition coefficient (Wildman–Crippen LogP) is 9.40. The Morgan fingerprint density at radius 1 is 0.455 bits per heavy atom. The normalized spacial score (nSPS) is 11.5. The summed E-state index contributed by atoms with van der Waals surface area (Å²) in [5.41, 5.74) is 0. The van der Waals surface area contributed by atoms with Crippen molar-refractivity contribution in [1.82, 2.24) is 0 Å². The highest BCUT2D eigenvalue weighted by Crippen LogP contribution is 2.25. The number of unbranched alkanes of at least 4 members (excludes halogenated alkanes) is 14. The van der Waals surface area contributed by atoms with Crippen LogP contribution in [0.1, 0.15) is 156 Å². The minimum Gasteiger partial charge on any atom is -0.485 e. The van der Waals surface area contributed by atoms with Crippen LogP contribution in [0.2, 0.25) is 12.1 Å². The lowest BCUT2D eigenvalue weighted by molar-refractivity contribution is -0.142. The van der Waals surface area contributed by atoms with Crippen LogP contribution in [0.3, 0.4) is 0 Å². The van der Waals surface area contributed by atoms with Gasteiger partial charge in [-0.2, -0.15) is 0 Å². The lowest BCUT2D eigenvalue weighted by Gasteiger charge is -2.29. The maximum Gasteiger partial charge on any atom is 0.464 e. The van der Waals surface area contributed by atoms with Crippen LogP contribution >= 0.6 is 0 Å². The molecule has 0 bridgehead atoms. The van der Waals surface area contributed by atoms with Crippen molar-refractivity contribution in [3.8, 4) is 0 Å². The second-order valence-electron chi connectivity index (χ2n) is 9.81. The van der Waals surface area contributed by atoms with Crippen molar-refractivity contribution >= 4 is 20.5 Å². The first-order valence-electron chi connectivity index (χ1n) is 14.5. The Hall–Kier alpha value is -0.843. The van der Waals surface area contributed by atoms with Crippen LogP contribution in [0, 0.1) is 0 Å². The number of carbonyl (C=O) groups is 2. The largest absolute Gasteiger partial charge is 0.485 e. The van der Waals surface area contributed by atoms with Crippen LogP contribution in [0.4, 0.5) is 0 Å². The fourth-order valence-corrected chi connectivity index (χ4v) is 7.69. The Bertz CT molecular complexity index is 425. The summed E-state index contributed by atoms with van der Waals surface area (Å²) in [7, 11) is -2.80. The van der Waals surface area contributed by atoms with Crippen molar-refractivity contribution in [3.63, 3.8) is 0 Å². The minimum atomic E-state index is -2.80. The van der Waals surface area contributed by atoms with Crippen molar-refractivity contribution in [1.29, 1.82) is 0 Å². The molecule has 0 spiro atoms. The molecule has 0 aliphatic heterocycles. The third-order valence-electron chi connectivity index (χ3n) is 6.33. The third-order valence-corrected chi connectivity index (χ3v) is 10.1. The van der Waals surface area contributed by atoms with Gasteiger partial charge >= 0.3 is 8.56 Å². The smallest absolute Gasteiger partial charge is 0.464 e. The molecule has 0 radical (unpaired) electrons. The Labute approximate surface area is 207 Å². The molecule has 0 aliphatic rings. The van der Waals surface area contributed by atoms with Gasteiger partial charge in [-0.15, -0.1) is 0 Å². The van der Waals surface area contributed by atoms with Gasteiger partial charge in [0.05, 0.1) is 0 Å². The first-order valence-corrected chi connectivity index (χ1v) is 16.7. The quantitative estimate of drug-likeness (QED) is 0.101. The molecule has 0 N–H and O–H groups in total. The molecule has 4 nitrogen and oxygen atoms in total. The molecule has 0 atom stereocenters. The zero-order valence-electron chi connectivity index (χ0n) is 22.7. The Morgan fingerprint density at radius 3 is 1.06 bits per heavy atom. The molecule has 0 saturated carbocycles. The van der Waals surface area contributed by atoms with E-state index in [1.165, 1.54) is 77.0 Å². The standard InChI is InChI=1S/C28H56O4Si/c1-5-9-11-13-15-17-19-21-23-27(29)31-33(25-7-3,26-8-4)32-28(30)24-22-20-18-16-14-12-10-6-2/h5-26H2,1-4H3. The molecule has 0 aromatic heterocycles. The van der Waals surface area contributed by atoms with Crippen LogP contribution in [0.15, 0.2) is 0 Å². The summed E-state index contributed by atoms with van der Waals surface area (Å²) in [4.78, 5) is 25.2. The maximum atomic E-state index is 12.6. The van der Waals surface area contributed by atoms with E-state index in [1.54, 1.807) is 0 Å². The molecular formula is C28H56O4Si. The number of carbonyl (C=O) groups excluding carboxylic acids is 2. The summed E-state index contributed by atoms with van der Waals surface area (Å²) in [5.74, 6) is -0.316. The van der Waals surface area contributed by atoms with E-state index >= 15 is 0 Å². The van der Waals surface area contributed by atoms with Gasteiger partial charge < -0.3 is 8.85 Å². The summed E-state index contributed by atoms with van der Waals surface area (Å²) in [5, 5.41) is 0. The third kappa shape index (κ3) is 19.2. The van der Waals surface area contributed by atoms with E-state index in [4.69, 9.17) is 8.85 Å². The lowest BCUT2D eigenvalue weighted by atomic mass is 10.1. The van der Waals surface area contributed by atoms with Crippen LogP contribution in [-0.2, 0) is 18.4 Å². The summed E-state index contributed by atoms with van der Waals surface area (Å²) in [6.07, 6.45) is 21.9. The summed E-state index contributed by atoms with van der Waals surface area (Å²) < 4.78 is 12.0. The zero-order valence-corrected chi connectivity index (χ0v) is 23.7. The first kappa shape index (κ1) is 32.2. The van der Waals surface area contributed by atoms with Gasteiger partial charge in [-0.3, -0.25) is 9.59 Å².